The molecule has 1 atom stereocenters. The van der Waals surface area contributed by atoms with Gasteiger partial charge in [-0.15, -0.1) is 0 Å². The van der Waals surface area contributed by atoms with Crippen molar-refractivity contribution in [1.29, 1.82) is 5.41 Å². The molecule has 0 bridgehead atoms. The molecule has 0 spiro atoms. The van der Waals surface area contributed by atoms with Gasteiger partial charge in [0.15, 0.2) is 0 Å². The predicted octanol–water partition coefficient (Wildman–Crippen LogP) is 3.50. The topological polar surface area (TPSA) is 90.6 Å². The molecule has 1 aromatic rings. The quantitative estimate of drug-likeness (QED) is 0.505. The Balaban J connectivity index is 2.40. The molecule has 23 heavy (non-hydrogen) atoms. The number of cyclic esters (lactones) is 1. The largest absolute Gasteiger partial charge is 0.508 e. The molecule has 0 saturated carbocycles. The molecule has 0 unspecified atom stereocenters. The van der Waals surface area contributed by atoms with Gasteiger partial charge >= 0.3 is 5.97 Å². The Morgan fingerprint density at radius 2 is 1.91 bits per heavy atom. The lowest BCUT2D eigenvalue weighted by Gasteiger charge is -2.15. The van der Waals surface area contributed by atoms with Gasteiger partial charge in [-0.3, -0.25) is 0 Å². The second kappa shape index (κ2) is 7.63. The Bertz CT molecular complexity index is 661. The van der Waals surface area contributed by atoms with Crippen LogP contribution in [-0.2, 0) is 11.2 Å². The molecule has 0 aromatic heterocycles. The number of esters is 1. The van der Waals surface area contributed by atoms with E-state index in [9.17, 15) is 15.0 Å². The van der Waals surface area contributed by atoms with Crippen LogP contribution in [0.25, 0.3) is 0 Å². The average Bonchev–Trinajstić information content (AvgIpc) is 2.44. The monoisotopic (exact) mass is 315 g/mol. The maximum atomic E-state index is 12.3. The van der Waals surface area contributed by atoms with E-state index in [4.69, 9.17) is 10.1 Å². The second-order valence-electron chi connectivity index (χ2n) is 5.60. The number of rotatable bonds is 0. The van der Waals surface area contributed by atoms with Crippen molar-refractivity contribution in [2.75, 3.05) is 0 Å². The maximum absolute atomic E-state index is 12.3. The van der Waals surface area contributed by atoms with Crippen molar-refractivity contribution >= 4 is 11.7 Å². The highest BCUT2D eigenvalue weighted by molar-refractivity contribution is 5.99. The van der Waals surface area contributed by atoms with Crippen LogP contribution in [0.15, 0.2) is 36.4 Å². The Morgan fingerprint density at radius 3 is 2.70 bits per heavy atom. The fourth-order valence-corrected chi connectivity index (χ4v) is 2.42. The van der Waals surface area contributed by atoms with Gasteiger partial charge in [-0.2, -0.15) is 0 Å². The molecule has 1 aliphatic rings. The molecule has 0 radical (unpaired) electrons. The first-order valence-electron chi connectivity index (χ1n) is 7.62. The number of hydrogen-bond acceptors (Lipinski definition) is 5. The molecular weight excluding hydrogens is 294 g/mol. The molecule has 5 nitrogen and oxygen atoms in total. The van der Waals surface area contributed by atoms with Crippen LogP contribution in [0.5, 0.6) is 11.5 Å². The van der Waals surface area contributed by atoms with Gasteiger partial charge in [-0.25, -0.2) is 4.79 Å². The van der Waals surface area contributed by atoms with Crippen molar-refractivity contribution in [3.63, 3.8) is 0 Å². The van der Waals surface area contributed by atoms with E-state index in [2.05, 4.69) is 0 Å². The van der Waals surface area contributed by atoms with Crippen LogP contribution in [0.4, 0.5) is 0 Å². The summed E-state index contributed by atoms with van der Waals surface area (Å²) >= 11 is 0. The molecule has 0 aliphatic carbocycles. The summed E-state index contributed by atoms with van der Waals surface area (Å²) in [5.74, 6) is -1.13. The highest BCUT2D eigenvalue weighted by atomic mass is 16.5. The Hall–Kier alpha value is -2.56. The van der Waals surface area contributed by atoms with Gasteiger partial charge in [0.05, 0.1) is 0 Å². The van der Waals surface area contributed by atoms with Gasteiger partial charge in [-0.1, -0.05) is 18.2 Å². The molecular formula is C18H21NO4. The SMILES string of the molecule is C[C@@H]1C/C=C/CC/C=C/C(=N)Cc2cc(O)cc(O)c2C(=O)O1. The molecule has 1 aliphatic heterocycles. The molecule has 1 heterocycles. The molecule has 1 aromatic carbocycles. The first-order chi connectivity index (χ1) is 11.0. The summed E-state index contributed by atoms with van der Waals surface area (Å²) in [5.41, 5.74) is 0.675. The third-order valence-corrected chi connectivity index (χ3v) is 3.53. The minimum Gasteiger partial charge on any atom is -0.508 e. The predicted molar refractivity (Wildman–Crippen MR) is 88.2 cm³/mol. The summed E-state index contributed by atoms with van der Waals surface area (Å²) in [6.07, 6.45) is 9.66. The third-order valence-electron chi connectivity index (χ3n) is 3.53. The van der Waals surface area contributed by atoms with E-state index >= 15 is 0 Å². The lowest BCUT2D eigenvalue weighted by Crippen LogP contribution is -2.17. The number of carbonyl (C=O) groups excluding carboxylic acids is 1. The van der Waals surface area contributed by atoms with E-state index in [1.807, 2.05) is 18.2 Å². The molecule has 122 valence electrons. The molecule has 5 heteroatoms. The minimum atomic E-state index is -0.646. The van der Waals surface area contributed by atoms with Crippen molar-refractivity contribution in [3.8, 4) is 11.5 Å². The number of phenolic OH excluding ortho intramolecular Hbond substituents is 2. The summed E-state index contributed by atoms with van der Waals surface area (Å²) in [6, 6.07) is 2.49. The lowest BCUT2D eigenvalue weighted by atomic mass is 9.99. The fourth-order valence-electron chi connectivity index (χ4n) is 2.42. The Kier molecular flexibility index (Phi) is 5.57. The van der Waals surface area contributed by atoms with Crippen LogP contribution < -0.4 is 0 Å². The maximum Gasteiger partial charge on any atom is 0.342 e. The van der Waals surface area contributed by atoms with Gasteiger partial charge in [0.25, 0.3) is 0 Å². The average molecular weight is 315 g/mol. The zero-order valence-corrected chi connectivity index (χ0v) is 13.1. The number of carbonyl (C=O) groups is 1. The van der Waals surface area contributed by atoms with Crippen molar-refractivity contribution in [3.05, 3.63) is 47.6 Å². The molecule has 0 fully saturated rings. The van der Waals surface area contributed by atoms with Crippen molar-refractivity contribution < 1.29 is 19.7 Å². The van der Waals surface area contributed by atoms with Crippen molar-refractivity contribution in [1.82, 2.24) is 0 Å². The van der Waals surface area contributed by atoms with Crippen molar-refractivity contribution in [2.45, 2.75) is 38.7 Å². The van der Waals surface area contributed by atoms with E-state index in [1.165, 1.54) is 6.07 Å². The van der Waals surface area contributed by atoms with Gasteiger partial charge in [0.1, 0.15) is 23.2 Å². The van der Waals surface area contributed by atoms with Crippen LogP contribution in [0.3, 0.4) is 0 Å². The number of phenols is 2. The fraction of sp³-hybridized carbons (Fsp3) is 0.333. The minimum absolute atomic E-state index is 0.00818. The molecule has 2 rings (SSSR count). The highest BCUT2D eigenvalue weighted by Crippen LogP contribution is 2.29. The third kappa shape index (κ3) is 4.71. The zero-order valence-electron chi connectivity index (χ0n) is 13.1. The summed E-state index contributed by atoms with van der Waals surface area (Å²) in [7, 11) is 0. The van der Waals surface area contributed by atoms with Crippen LogP contribution >= 0.6 is 0 Å². The standard InChI is InChI=1S/C18H21NO4/c1-12-7-5-3-2-4-6-8-14(19)9-13-10-15(20)11-16(21)17(13)18(22)23-12/h3,5-6,8,10-12,19-21H,2,4,7,9H2,1H3/b5-3+,8-6+,19-14?/t12-/m1/s1. The number of allylic oxidation sites excluding steroid dienone is 3. The van der Waals surface area contributed by atoms with E-state index < -0.39 is 5.97 Å². The number of benzene rings is 1. The number of nitrogens with one attached hydrogen (secondary N) is 1. The lowest BCUT2D eigenvalue weighted by molar-refractivity contribution is 0.0343. The number of ether oxygens (including phenoxy) is 1. The molecule has 3 N–H and O–H groups in total. The van der Waals surface area contributed by atoms with Gasteiger partial charge in [-0.05, 0) is 37.5 Å². The van der Waals surface area contributed by atoms with E-state index in [1.54, 1.807) is 13.0 Å². The number of hydrogen-bond donors (Lipinski definition) is 3. The zero-order chi connectivity index (χ0) is 16.8. The smallest absolute Gasteiger partial charge is 0.342 e. The Morgan fingerprint density at radius 1 is 1.17 bits per heavy atom. The normalized spacial score (nSPS) is 22.6. The number of aromatic hydroxyl groups is 2. The Labute approximate surface area is 135 Å². The summed E-state index contributed by atoms with van der Waals surface area (Å²) in [4.78, 5) is 12.3. The first kappa shape index (κ1) is 16.8. The van der Waals surface area contributed by atoms with Gasteiger partial charge < -0.3 is 20.4 Å². The van der Waals surface area contributed by atoms with E-state index in [0.29, 0.717) is 12.0 Å². The van der Waals surface area contributed by atoms with E-state index in [-0.39, 0.29) is 35.3 Å². The molecule has 0 amide bonds. The van der Waals surface area contributed by atoms with Crippen LogP contribution in [-0.4, -0.2) is 28.0 Å². The van der Waals surface area contributed by atoms with Crippen LogP contribution in [0, 0.1) is 5.41 Å². The summed E-state index contributed by atoms with van der Waals surface area (Å²) < 4.78 is 5.36. The molecule has 0 saturated heterocycles. The van der Waals surface area contributed by atoms with Crippen LogP contribution in [0.1, 0.15) is 42.1 Å². The summed E-state index contributed by atoms with van der Waals surface area (Å²) in [5, 5.41) is 27.7. The summed E-state index contributed by atoms with van der Waals surface area (Å²) in [6.45, 7) is 1.78. The highest BCUT2D eigenvalue weighted by Gasteiger charge is 2.21. The number of fused-ring (bicyclic) bond motifs is 1. The van der Waals surface area contributed by atoms with Gasteiger partial charge in [0, 0.05) is 24.6 Å². The van der Waals surface area contributed by atoms with Gasteiger partial charge in [0.2, 0.25) is 0 Å². The van der Waals surface area contributed by atoms with Crippen molar-refractivity contribution in [2.24, 2.45) is 0 Å². The second-order valence-corrected chi connectivity index (χ2v) is 5.60. The first-order valence-corrected chi connectivity index (χ1v) is 7.62. The van der Waals surface area contributed by atoms with E-state index in [0.717, 1.165) is 18.9 Å². The van der Waals surface area contributed by atoms with Crippen LogP contribution in [0.2, 0.25) is 0 Å².